The minimum atomic E-state index is -1.19. The second-order valence-corrected chi connectivity index (χ2v) is 6.21. The Morgan fingerprint density at radius 3 is 2.68 bits per heavy atom. The average Bonchev–Trinajstić information content (AvgIpc) is 3.04. The molecule has 1 aliphatic heterocycles. The summed E-state index contributed by atoms with van der Waals surface area (Å²) < 4.78 is 5.82. The summed E-state index contributed by atoms with van der Waals surface area (Å²) in [5, 5.41) is 12.5. The third-order valence-electron chi connectivity index (χ3n) is 3.85. The predicted octanol–water partition coefficient (Wildman–Crippen LogP) is 2.35. The Bertz CT molecular complexity index is 635. The average molecular weight is 319 g/mol. The Labute approximate surface area is 132 Å². The van der Waals surface area contributed by atoms with Crippen LogP contribution in [-0.4, -0.2) is 39.7 Å². The number of pyridine rings is 1. The van der Waals surface area contributed by atoms with Gasteiger partial charge in [0.1, 0.15) is 5.75 Å². The second-order valence-electron chi connectivity index (χ2n) is 5.34. The SMILES string of the molecule is Cc1ccc(OC2(C(=O)O)CCN(c3nccs3)CC2)cn1. The van der Waals surface area contributed by atoms with Crippen LogP contribution >= 0.6 is 11.3 Å². The summed E-state index contributed by atoms with van der Waals surface area (Å²) in [6, 6.07) is 3.58. The molecule has 0 aliphatic carbocycles. The van der Waals surface area contributed by atoms with Crippen molar-refractivity contribution in [2.75, 3.05) is 18.0 Å². The van der Waals surface area contributed by atoms with Gasteiger partial charge in [0.15, 0.2) is 5.13 Å². The number of aliphatic carboxylic acids is 1. The zero-order chi connectivity index (χ0) is 15.6. The summed E-state index contributed by atoms with van der Waals surface area (Å²) in [4.78, 5) is 22.3. The van der Waals surface area contributed by atoms with Crippen molar-refractivity contribution in [1.29, 1.82) is 0 Å². The van der Waals surface area contributed by atoms with E-state index in [1.807, 2.05) is 18.4 Å². The van der Waals surface area contributed by atoms with E-state index in [2.05, 4.69) is 14.9 Å². The van der Waals surface area contributed by atoms with E-state index in [1.165, 1.54) is 0 Å². The summed E-state index contributed by atoms with van der Waals surface area (Å²) >= 11 is 1.56. The van der Waals surface area contributed by atoms with E-state index in [1.54, 1.807) is 29.8 Å². The molecule has 1 aliphatic rings. The maximum atomic E-state index is 11.8. The number of aryl methyl sites for hydroxylation is 1. The molecular formula is C15H17N3O3S. The lowest BCUT2D eigenvalue weighted by molar-refractivity contribution is -0.157. The van der Waals surface area contributed by atoms with Crippen LogP contribution in [0.4, 0.5) is 5.13 Å². The van der Waals surface area contributed by atoms with Crippen molar-refractivity contribution in [2.45, 2.75) is 25.4 Å². The van der Waals surface area contributed by atoms with Gasteiger partial charge in [0.05, 0.1) is 6.20 Å². The Balaban J connectivity index is 1.74. The van der Waals surface area contributed by atoms with Crippen molar-refractivity contribution in [2.24, 2.45) is 0 Å². The van der Waals surface area contributed by atoms with Gasteiger partial charge in [-0.3, -0.25) is 4.98 Å². The molecule has 1 fully saturated rings. The summed E-state index contributed by atoms with van der Waals surface area (Å²) in [6.07, 6.45) is 4.16. The maximum Gasteiger partial charge on any atom is 0.348 e. The second kappa shape index (κ2) is 5.92. The van der Waals surface area contributed by atoms with Crippen LogP contribution in [0.25, 0.3) is 0 Å². The highest BCUT2D eigenvalue weighted by Gasteiger charge is 2.44. The molecule has 2 aromatic heterocycles. The molecule has 3 rings (SSSR count). The van der Waals surface area contributed by atoms with Crippen LogP contribution in [-0.2, 0) is 4.79 Å². The van der Waals surface area contributed by atoms with E-state index in [4.69, 9.17) is 4.74 Å². The van der Waals surface area contributed by atoms with Crippen LogP contribution < -0.4 is 9.64 Å². The largest absolute Gasteiger partial charge is 0.478 e. The first-order valence-corrected chi connectivity index (χ1v) is 7.96. The van der Waals surface area contributed by atoms with Crippen molar-refractivity contribution in [3.8, 4) is 5.75 Å². The lowest BCUT2D eigenvalue weighted by atomic mass is 9.91. The van der Waals surface area contributed by atoms with Gasteiger partial charge in [0.2, 0.25) is 5.60 Å². The molecule has 1 N–H and O–H groups in total. The molecule has 0 spiro atoms. The lowest BCUT2D eigenvalue weighted by Gasteiger charge is -2.38. The van der Waals surface area contributed by atoms with Crippen molar-refractivity contribution in [3.05, 3.63) is 35.6 Å². The lowest BCUT2D eigenvalue weighted by Crippen LogP contribution is -2.53. The first-order valence-electron chi connectivity index (χ1n) is 7.09. The number of hydrogen-bond acceptors (Lipinski definition) is 6. The molecule has 0 radical (unpaired) electrons. The molecule has 6 nitrogen and oxygen atoms in total. The molecule has 2 aromatic rings. The van der Waals surface area contributed by atoms with Crippen LogP contribution in [0.15, 0.2) is 29.9 Å². The van der Waals surface area contributed by atoms with Crippen molar-refractivity contribution in [3.63, 3.8) is 0 Å². The van der Waals surface area contributed by atoms with Crippen LogP contribution in [0, 0.1) is 6.92 Å². The van der Waals surface area contributed by atoms with Crippen molar-refractivity contribution in [1.82, 2.24) is 9.97 Å². The Morgan fingerprint density at radius 1 is 1.36 bits per heavy atom. The first-order chi connectivity index (χ1) is 10.6. The highest BCUT2D eigenvalue weighted by molar-refractivity contribution is 7.13. The fraction of sp³-hybridized carbons (Fsp3) is 0.400. The van der Waals surface area contributed by atoms with Gasteiger partial charge < -0.3 is 14.7 Å². The van der Waals surface area contributed by atoms with Gasteiger partial charge in [0.25, 0.3) is 0 Å². The monoisotopic (exact) mass is 319 g/mol. The Morgan fingerprint density at radius 2 is 2.14 bits per heavy atom. The van der Waals surface area contributed by atoms with Gasteiger partial charge in [-0.1, -0.05) is 0 Å². The quantitative estimate of drug-likeness (QED) is 0.932. The van der Waals surface area contributed by atoms with E-state index in [0.29, 0.717) is 31.7 Å². The molecule has 1 saturated heterocycles. The van der Waals surface area contributed by atoms with Crippen LogP contribution in [0.1, 0.15) is 18.5 Å². The van der Waals surface area contributed by atoms with E-state index < -0.39 is 11.6 Å². The Hall–Kier alpha value is -2.15. The van der Waals surface area contributed by atoms with Gasteiger partial charge >= 0.3 is 5.97 Å². The maximum absolute atomic E-state index is 11.8. The van der Waals surface area contributed by atoms with Crippen LogP contribution in [0.5, 0.6) is 5.75 Å². The van der Waals surface area contributed by atoms with Crippen LogP contribution in [0.2, 0.25) is 0 Å². The number of rotatable bonds is 4. The molecular weight excluding hydrogens is 302 g/mol. The number of anilines is 1. The fourth-order valence-corrected chi connectivity index (χ4v) is 3.23. The summed E-state index contributed by atoms with van der Waals surface area (Å²) in [5.41, 5.74) is -0.319. The van der Waals surface area contributed by atoms with E-state index in [-0.39, 0.29) is 0 Å². The molecule has 116 valence electrons. The molecule has 0 atom stereocenters. The molecule has 0 unspecified atom stereocenters. The summed E-state index contributed by atoms with van der Waals surface area (Å²) in [5.74, 6) is -0.428. The molecule has 0 bridgehead atoms. The summed E-state index contributed by atoms with van der Waals surface area (Å²) in [6.45, 7) is 3.10. The van der Waals surface area contributed by atoms with Gasteiger partial charge in [0, 0.05) is 43.2 Å². The number of aromatic nitrogens is 2. The third-order valence-corrected chi connectivity index (χ3v) is 4.68. The minimum Gasteiger partial charge on any atom is -0.478 e. The normalized spacial score (nSPS) is 17.2. The molecule has 22 heavy (non-hydrogen) atoms. The summed E-state index contributed by atoms with van der Waals surface area (Å²) in [7, 11) is 0. The molecule has 0 saturated carbocycles. The molecule has 0 aromatic carbocycles. The van der Waals surface area contributed by atoms with Gasteiger partial charge in [-0.15, -0.1) is 11.3 Å². The number of ether oxygens (including phenoxy) is 1. The number of carbonyl (C=O) groups is 1. The standard InChI is InChI=1S/C15H17N3O3S/c1-11-2-3-12(10-17-11)21-15(13(19)20)4-7-18(8-5-15)14-16-6-9-22-14/h2-3,6,9-10H,4-5,7-8H2,1H3,(H,19,20). The molecule has 0 amide bonds. The van der Waals surface area contributed by atoms with Crippen molar-refractivity contribution >= 4 is 22.4 Å². The van der Waals surface area contributed by atoms with Gasteiger partial charge in [-0.05, 0) is 19.1 Å². The predicted molar refractivity (Wildman–Crippen MR) is 83.5 cm³/mol. The fourth-order valence-electron chi connectivity index (χ4n) is 2.53. The zero-order valence-electron chi connectivity index (χ0n) is 12.2. The van der Waals surface area contributed by atoms with Crippen LogP contribution in [0.3, 0.4) is 0 Å². The minimum absolute atomic E-state index is 0.412. The molecule has 3 heterocycles. The number of hydrogen-bond donors (Lipinski definition) is 1. The number of piperidine rings is 1. The van der Waals surface area contributed by atoms with Crippen molar-refractivity contribution < 1.29 is 14.6 Å². The van der Waals surface area contributed by atoms with E-state index in [9.17, 15) is 9.90 Å². The number of nitrogens with zero attached hydrogens (tertiary/aromatic N) is 3. The topological polar surface area (TPSA) is 75.6 Å². The highest BCUT2D eigenvalue weighted by Crippen LogP contribution is 2.31. The number of carboxylic acid groups (broad SMARTS) is 1. The van der Waals surface area contributed by atoms with Gasteiger partial charge in [-0.25, -0.2) is 9.78 Å². The number of thiazole rings is 1. The zero-order valence-corrected chi connectivity index (χ0v) is 13.0. The molecule has 7 heteroatoms. The third kappa shape index (κ3) is 2.89. The van der Waals surface area contributed by atoms with E-state index in [0.717, 1.165) is 10.8 Å². The Kier molecular flexibility index (Phi) is 3.98. The smallest absolute Gasteiger partial charge is 0.348 e. The van der Waals surface area contributed by atoms with E-state index >= 15 is 0 Å². The number of carboxylic acids is 1. The van der Waals surface area contributed by atoms with Gasteiger partial charge in [-0.2, -0.15) is 0 Å². The highest BCUT2D eigenvalue weighted by atomic mass is 32.1. The first kappa shape index (κ1) is 14.8.